The quantitative estimate of drug-likeness (QED) is 0.407. The second-order valence-electron chi connectivity index (χ2n) is 7.54. The molecule has 0 saturated heterocycles. The molecule has 2 aromatic heterocycles. The number of amides is 1. The fraction of sp³-hybridized carbons (Fsp3) is 0.174. The highest BCUT2D eigenvalue weighted by Gasteiger charge is 2.31. The Bertz CT molecular complexity index is 1360. The number of carbonyl (C=O) groups excluding carboxylic acids is 2. The Labute approximate surface area is 189 Å². The van der Waals surface area contributed by atoms with Crippen LogP contribution in [0, 0.1) is 0 Å². The number of ketones is 1. The molecule has 0 radical (unpaired) electrons. The predicted molar refractivity (Wildman–Crippen MR) is 117 cm³/mol. The van der Waals surface area contributed by atoms with Crippen LogP contribution in [0.3, 0.4) is 0 Å². The normalized spacial score (nSPS) is 16.0. The third-order valence-corrected chi connectivity index (χ3v) is 6.41. The molecular weight excluding hydrogens is 455 g/mol. The number of aromatic nitrogens is 2. The molecule has 1 aliphatic heterocycles. The molecule has 0 fully saturated rings. The van der Waals surface area contributed by atoms with E-state index in [1.54, 1.807) is 41.1 Å². The molecule has 168 valence electrons. The lowest BCUT2D eigenvalue weighted by atomic mass is 10.0. The zero-order valence-corrected chi connectivity index (χ0v) is 17.7. The van der Waals surface area contributed by atoms with Crippen molar-refractivity contribution in [3.05, 3.63) is 66.5 Å². The Balaban J connectivity index is 1.34. The minimum Gasteiger partial charge on any atom is -0.406 e. The van der Waals surface area contributed by atoms with Crippen LogP contribution >= 0.6 is 11.3 Å². The third kappa shape index (κ3) is 4.34. The van der Waals surface area contributed by atoms with Crippen molar-refractivity contribution in [3.63, 3.8) is 0 Å². The molecule has 0 bridgehead atoms. The van der Waals surface area contributed by atoms with Crippen LogP contribution in [0.2, 0.25) is 0 Å². The molecule has 1 N–H and O–H groups in total. The summed E-state index contributed by atoms with van der Waals surface area (Å²) in [6, 6.07) is 13.8. The average molecular weight is 471 g/mol. The Hall–Kier alpha value is -3.66. The first-order chi connectivity index (χ1) is 15.8. The zero-order chi connectivity index (χ0) is 23.2. The lowest BCUT2D eigenvalue weighted by Crippen LogP contribution is -2.31. The van der Waals surface area contributed by atoms with Crippen LogP contribution < -0.4 is 10.1 Å². The van der Waals surface area contributed by atoms with Crippen LogP contribution in [0.15, 0.2) is 60.8 Å². The van der Waals surface area contributed by atoms with Crippen LogP contribution in [0.25, 0.3) is 20.8 Å². The van der Waals surface area contributed by atoms with E-state index in [0.717, 1.165) is 4.70 Å². The van der Waals surface area contributed by atoms with Gasteiger partial charge in [0.2, 0.25) is 5.91 Å². The Morgan fingerprint density at radius 2 is 1.94 bits per heavy atom. The summed E-state index contributed by atoms with van der Waals surface area (Å²) in [5.74, 6) is -0.474. The van der Waals surface area contributed by atoms with Gasteiger partial charge in [-0.15, -0.1) is 24.5 Å². The molecule has 4 aromatic rings. The van der Waals surface area contributed by atoms with E-state index in [1.807, 2.05) is 0 Å². The number of Topliss-reactive ketones (excluding diaryl/α,β-unsaturated/α-hetero) is 1. The lowest BCUT2D eigenvalue weighted by Gasteiger charge is -2.24. The standard InChI is InChI=1S/C23H16F3N3O3S/c24-23(25,26)32-15-6-3-13(4-7-15)22-28-16-8-5-14(12-20(16)33-22)27-21(31)18-9-10-19(30)17-2-1-11-29(17)18/h1-8,11-12,18H,9-10H2,(H,27,31). The summed E-state index contributed by atoms with van der Waals surface area (Å²) in [5.41, 5.74) is 2.50. The molecule has 6 nitrogen and oxygen atoms in total. The minimum atomic E-state index is -4.74. The van der Waals surface area contributed by atoms with E-state index >= 15 is 0 Å². The Morgan fingerprint density at radius 3 is 2.70 bits per heavy atom. The second kappa shape index (κ2) is 8.04. The number of ether oxygens (including phenoxy) is 1. The van der Waals surface area contributed by atoms with Gasteiger partial charge in [0, 0.05) is 23.9 Å². The van der Waals surface area contributed by atoms with Crippen molar-refractivity contribution in [3.8, 4) is 16.3 Å². The molecule has 0 spiro atoms. The van der Waals surface area contributed by atoms with Crippen LogP contribution in [0.5, 0.6) is 5.75 Å². The number of benzene rings is 2. The number of anilines is 1. The van der Waals surface area contributed by atoms with Crippen LogP contribution in [0.1, 0.15) is 29.4 Å². The smallest absolute Gasteiger partial charge is 0.406 e. The van der Waals surface area contributed by atoms with E-state index < -0.39 is 12.4 Å². The highest BCUT2D eigenvalue weighted by atomic mass is 32.1. The average Bonchev–Trinajstić information content (AvgIpc) is 3.41. The highest BCUT2D eigenvalue weighted by Crippen LogP contribution is 2.34. The van der Waals surface area contributed by atoms with E-state index in [4.69, 9.17) is 0 Å². The van der Waals surface area contributed by atoms with Gasteiger partial charge in [-0.2, -0.15) is 0 Å². The fourth-order valence-corrected chi connectivity index (χ4v) is 4.86. The maximum atomic E-state index is 12.9. The van der Waals surface area contributed by atoms with E-state index in [-0.39, 0.29) is 17.4 Å². The van der Waals surface area contributed by atoms with Gasteiger partial charge in [0.05, 0.1) is 15.9 Å². The monoisotopic (exact) mass is 471 g/mol. The van der Waals surface area contributed by atoms with E-state index in [9.17, 15) is 22.8 Å². The van der Waals surface area contributed by atoms with Crippen molar-refractivity contribution in [2.45, 2.75) is 25.2 Å². The van der Waals surface area contributed by atoms with Gasteiger partial charge in [0.1, 0.15) is 16.8 Å². The number of hydrogen-bond acceptors (Lipinski definition) is 5. The SMILES string of the molecule is O=C1CCC(C(=O)Nc2ccc3nc(-c4ccc(OC(F)(F)F)cc4)sc3c2)n2cccc21. The molecule has 10 heteroatoms. The summed E-state index contributed by atoms with van der Waals surface area (Å²) in [7, 11) is 0. The number of carbonyl (C=O) groups is 2. The van der Waals surface area contributed by atoms with Crippen molar-refractivity contribution in [2.24, 2.45) is 0 Å². The van der Waals surface area contributed by atoms with E-state index in [1.165, 1.54) is 35.6 Å². The van der Waals surface area contributed by atoms with Crippen LogP contribution in [-0.2, 0) is 4.79 Å². The number of fused-ring (bicyclic) bond motifs is 2. The Kier molecular flexibility index (Phi) is 5.16. The first kappa shape index (κ1) is 21.2. The lowest BCUT2D eigenvalue weighted by molar-refractivity contribution is -0.274. The molecule has 1 unspecified atom stereocenters. The molecule has 0 saturated carbocycles. The number of nitrogens with zero attached hydrogens (tertiary/aromatic N) is 2. The largest absolute Gasteiger partial charge is 0.573 e. The van der Waals surface area contributed by atoms with Crippen LogP contribution in [0.4, 0.5) is 18.9 Å². The minimum absolute atomic E-state index is 0.0284. The molecule has 5 rings (SSSR count). The van der Waals surface area contributed by atoms with Crippen molar-refractivity contribution in [1.29, 1.82) is 0 Å². The molecule has 1 aliphatic rings. The van der Waals surface area contributed by atoms with Crippen molar-refractivity contribution < 1.29 is 27.5 Å². The molecule has 1 atom stereocenters. The van der Waals surface area contributed by atoms with Crippen molar-refractivity contribution in [1.82, 2.24) is 9.55 Å². The van der Waals surface area contributed by atoms with Gasteiger partial charge in [-0.25, -0.2) is 4.98 Å². The van der Waals surface area contributed by atoms with Crippen molar-refractivity contribution in [2.75, 3.05) is 5.32 Å². The summed E-state index contributed by atoms with van der Waals surface area (Å²) < 4.78 is 43.5. The maximum absolute atomic E-state index is 12.9. The molecule has 0 aliphatic carbocycles. The summed E-state index contributed by atoms with van der Waals surface area (Å²) in [6.07, 6.45) is -2.24. The van der Waals surface area contributed by atoms with E-state index in [0.29, 0.717) is 40.3 Å². The van der Waals surface area contributed by atoms with Gasteiger partial charge >= 0.3 is 6.36 Å². The number of alkyl halides is 3. The third-order valence-electron chi connectivity index (χ3n) is 5.34. The summed E-state index contributed by atoms with van der Waals surface area (Å²) in [4.78, 5) is 29.4. The number of nitrogens with one attached hydrogen (secondary N) is 1. The molecule has 33 heavy (non-hydrogen) atoms. The second-order valence-corrected chi connectivity index (χ2v) is 8.57. The summed E-state index contributed by atoms with van der Waals surface area (Å²) in [5, 5.41) is 3.55. The number of hydrogen-bond donors (Lipinski definition) is 1. The summed E-state index contributed by atoms with van der Waals surface area (Å²) in [6.45, 7) is 0. The fourth-order valence-electron chi connectivity index (χ4n) is 3.84. The van der Waals surface area contributed by atoms with Gasteiger partial charge < -0.3 is 14.6 Å². The van der Waals surface area contributed by atoms with E-state index in [2.05, 4.69) is 15.0 Å². The van der Waals surface area contributed by atoms with Gasteiger partial charge in [-0.1, -0.05) is 0 Å². The molecule has 2 aromatic carbocycles. The number of thiazole rings is 1. The van der Waals surface area contributed by atoms with Gasteiger partial charge in [0.15, 0.2) is 5.78 Å². The first-order valence-electron chi connectivity index (χ1n) is 10.0. The number of halogens is 3. The van der Waals surface area contributed by atoms with Gasteiger partial charge in [-0.05, 0) is 61.0 Å². The topological polar surface area (TPSA) is 73.2 Å². The van der Waals surface area contributed by atoms with Gasteiger partial charge in [-0.3, -0.25) is 9.59 Å². The highest BCUT2D eigenvalue weighted by molar-refractivity contribution is 7.21. The maximum Gasteiger partial charge on any atom is 0.573 e. The van der Waals surface area contributed by atoms with Gasteiger partial charge in [0.25, 0.3) is 0 Å². The Morgan fingerprint density at radius 1 is 1.15 bits per heavy atom. The first-order valence-corrected chi connectivity index (χ1v) is 10.9. The number of rotatable bonds is 4. The zero-order valence-electron chi connectivity index (χ0n) is 16.9. The summed E-state index contributed by atoms with van der Waals surface area (Å²) >= 11 is 1.36. The van der Waals surface area contributed by atoms with Crippen molar-refractivity contribution >= 4 is 38.9 Å². The molecule has 3 heterocycles. The molecule has 1 amide bonds. The van der Waals surface area contributed by atoms with Crippen LogP contribution in [-0.4, -0.2) is 27.6 Å². The molecular formula is C23H16F3N3O3S. The predicted octanol–water partition coefficient (Wildman–Crippen LogP) is 5.82.